The van der Waals surface area contributed by atoms with E-state index in [0.717, 1.165) is 32.1 Å². The predicted octanol–water partition coefficient (Wildman–Crippen LogP) is 8.10. The van der Waals surface area contributed by atoms with Gasteiger partial charge < -0.3 is 9.47 Å². The Morgan fingerprint density at radius 2 is 1.42 bits per heavy atom. The first-order valence-corrected chi connectivity index (χ1v) is 12.3. The minimum atomic E-state index is -0.350. The second-order valence-electron chi connectivity index (χ2n) is 8.97. The van der Waals surface area contributed by atoms with Crippen LogP contribution in [0.25, 0.3) is 0 Å². The van der Waals surface area contributed by atoms with Gasteiger partial charge in [0.25, 0.3) is 0 Å². The van der Waals surface area contributed by atoms with Crippen LogP contribution in [0.1, 0.15) is 125 Å². The van der Waals surface area contributed by atoms with Gasteiger partial charge in [-0.25, -0.2) is 9.59 Å². The molecule has 0 heterocycles. The van der Waals surface area contributed by atoms with Crippen molar-refractivity contribution in [2.45, 2.75) is 137 Å². The fourth-order valence-corrected chi connectivity index (χ4v) is 3.09. The largest absolute Gasteiger partial charge is 0.459 e. The average Bonchev–Trinajstić information content (AvgIpc) is 2.72. The maximum atomic E-state index is 11.3. The number of ether oxygens (including phenoxy) is 2. The van der Waals surface area contributed by atoms with Gasteiger partial charge in [-0.3, -0.25) is 0 Å². The summed E-state index contributed by atoms with van der Waals surface area (Å²) < 4.78 is 10.6. The third kappa shape index (κ3) is 21.4. The lowest BCUT2D eigenvalue weighted by Gasteiger charge is -2.24. The molecule has 1 atom stereocenters. The van der Waals surface area contributed by atoms with Crippen LogP contribution in [0.5, 0.6) is 0 Å². The van der Waals surface area contributed by atoms with E-state index < -0.39 is 0 Å². The van der Waals surface area contributed by atoms with E-state index in [9.17, 15) is 9.59 Å². The van der Waals surface area contributed by atoms with E-state index >= 15 is 0 Å². The molecule has 0 aromatic rings. The van der Waals surface area contributed by atoms with Gasteiger partial charge in [-0.1, -0.05) is 85.3 Å². The van der Waals surface area contributed by atoms with Crippen molar-refractivity contribution >= 4 is 11.9 Å². The van der Waals surface area contributed by atoms with E-state index in [-0.39, 0.29) is 23.6 Å². The van der Waals surface area contributed by atoms with Crippen LogP contribution >= 0.6 is 0 Å². The van der Waals surface area contributed by atoms with Crippen molar-refractivity contribution in [3.05, 3.63) is 24.8 Å². The minimum Gasteiger partial charge on any atom is -0.459 e. The zero-order valence-corrected chi connectivity index (χ0v) is 21.4. The Labute approximate surface area is 192 Å². The van der Waals surface area contributed by atoms with Gasteiger partial charge in [-0.2, -0.15) is 0 Å². The molecule has 0 spiro atoms. The first-order chi connectivity index (χ1) is 14.6. The smallest absolute Gasteiger partial charge is 0.333 e. The molecule has 0 aliphatic heterocycles. The summed E-state index contributed by atoms with van der Waals surface area (Å²) in [4.78, 5) is 22.3. The van der Waals surface area contributed by atoms with Gasteiger partial charge in [0.15, 0.2) is 0 Å². The Balaban J connectivity index is 0. The molecule has 182 valence electrons. The third-order valence-electron chi connectivity index (χ3n) is 5.13. The van der Waals surface area contributed by atoms with E-state index in [1.54, 1.807) is 6.92 Å². The van der Waals surface area contributed by atoms with E-state index in [1.807, 2.05) is 13.8 Å². The predicted molar refractivity (Wildman–Crippen MR) is 132 cm³/mol. The second kappa shape index (κ2) is 20.3. The van der Waals surface area contributed by atoms with Crippen LogP contribution in [0.4, 0.5) is 0 Å². The van der Waals surface area contributed by atoms with Crippen LogP contribution in [0.2, 0.25) is 0 Å². The summed E-state index contributed by atoms with van der Waals surface area (Å²) in [6.07, 6.45) is 16.6. The highest BCUT2D eigenvalue weighted by molar-refractivity contribution is 5.87. The van der Waals surface area contributed by atoms with Gasteiger partial charge in [0.1, 0.15) is 11.7 Å². The van der Waals surface area contributed by atoms with E-state index in [2.05, 4.69) is 33.9 Å². The molecule has 0 saturated heterocycles. The van der Waals surface area contributed by atoms with Crippen molar-refractivity contribution in [3.8, 4) is 0 Å². The Morgan fingerprint density at radius 1 is 0.903 bits per heavy atom. The lowest BCUT2D eigenvalue weighted by atomic mass is 9.99. The first kappa shape index (κ1) is 31.6. The monoisotopic (exact) mass is 438 g/mol. The van der Waals surface area contributed by atoms with Crippen molar-refractivity contribution in [1.29, 1.82) is 0 Å². The van der Waals surface area contributed by atoms with Crippen molar-refractivity contribution in [3.63, 3.8) is 0 Å². The summed E-state index contributed by atoms with van der Waals surface area (Å²) in [5.74, 6) is -0.575. The van der Waals surface area contributed by atoms with Gasteiger partial charge in [-0.15, -0.1) is 0 Å². The SMILES string of the molecule is C=C(C)C(=O)OC(CC)CCCCCCC.C=CC(=O)OC(C)(C)CCCCCCC. The Hall–Kier alpha value is -1.58. The molecular formula is C27H50O4. The number of carbonyl (C=O) groups excluding carboxylic acids is 2. The van der Waals surface area contributed by atoms with Crippen LogP contribution in [0, 0.1) is 0 Å². The summed E-state index contributed by atoms with van der Waals surface area (Å²) >= 11 is 0. The van der Waals surface area contributed by atoms with Gasteiger partial charge in [-0.05, 0) is 52.9 Å². The fraction of sp³-hybridized carbons (Fsp3) is 0.778. The molecule has 0 aromatic heterocycles. The Morgan fingerprint density at radius 3 is 1.87 bits per heavy atom. The van der Waals surface area contributed by atoms with Crippen LogP contribution in [-0.4, -0.2) is 23.6 Å². The van der Waals surface area contributed by atoms with Crippen LogP contribution in [0.15, 0.2) is 24.8 Å². The molecule has 0 fully saturated rings. The molecule has 0 aliphatic rings. The van der Waals surface area contributed by atoms with Crippen molar-refractivity contribution < 1.29 is 19.1 Å². The van der Waals surface area contributed by atoms with Gasteiger partial charge in [0.05, 0.1) is 0 Å². The topological polar surface area (TPSA) is 52.6 Å². The van der Waals surface area contributed by atoms with Gasteiger partial charge in [0, 0.05) is 11.6 Å². The minimum absolute atomic E-state index is 0.0748. The van der Waals surface area contributed by atoms with Crippen LogP contribution < -0.4 is 0 Å². The number of carbonyl (C=O) groups is 2. The maximum absolute atomic E-state index is 11.3. The summed E-state index contributed by atoms with van der Waals surface area (Å²) in [7, 11) is 0. The Kier molecular flexibility index (Phi) is 20.7. The van der Waals surface area contributed by atoms with Crippen molar-refractivity contribution in [2.24, 2.45) is 0 Å². The highest BCUT2D eigenvalue weighted by Crippen LogP contribution is 2.19. The summed E-state index contributed by atoms with van der Waals surface area (Å²) in [5, 5.41) is 0. The highest BCUT2D eigenvalue weighted by atomic mass is 16.6. The van der Waals surface area contributed by atoms with Crippen LogP contribution in [0.3, 0.4) is 0 Å². The number of hydrogen-bond acceptors (Lipinski definition) is 4. The van der Waals surface area contributed by atoms with Gasteiger partial charge >= 0.3 is 11.9 Å². The van der Waals surface area contributed by atoms with E-state index in [4.69, 9.17) is 9.47 Å². The summed E-state index contributed by atoms with van der Waals surface area (Å²) in [6, 6.07) is 0. The molecule has 0 N–H and O–H groups in total. The summed E-state index contributed by atoms with van der Waals surface area (Å²) in [6.45, 7) is 19.0. The normalized spacial score (nSPS) is 11.7. The van der Waals surface area contributed by atoms with E-state index in [1.165, 1.54) is 57.4 Å². The lowest BCUT2D eigenvalue weighted by Crippen LogP contribution is -2.27. The molecule has 0 aliphatic carbocycles. The quantitative estimate of drug-likeness (QED) is 0.131. The first-order valence-electron chi connectivity index (χ1n) is 12.3. The molecule has 0 saturated carbocycles. The summed E-state index contributed by atoms with van der Waals surface area (Å²) in [5.41, 5.74) is 0.141. The molecule has 0 bridgehead atoms. The molecule has 1 unspecified atom stereocenters. The fourth-order valence-electron chi connectivity index (χ4n) is 3.09. The Bertz CT molecular complexity index is 493. The number of esters is 2. The lowest BCUT2D eigenvalue weighted by molar-refractivity contribution is -0.150. The van der Waals surface area contributed by atoms with Crippen molar-refractivity contribution in [1.82, 2.24) is 0 Å². The van der Waals surface area contributed by atoms with Crippen LogP contribution in [-0.2, 0) is 19.1 Å². The standard InChI is InChI=1S/C14H26O2.C13H24O2/c1-5-7-8-9-10-11-13(6-2)16-14(15)12(3)4;1-5-7-8-9-10-11-13(3,4)15-12(14)6-2/h13H,3,5-11H2,1-2,4H3;6H,2,5,7-11H2,1,3-4H3. The van der Waals surface area contributed by atoms with Crippen molar-refractivity contribution in [2.75, 3.05) is 0 Å². The molecule has 0 rings (SSSR count). The zero-order valence-electron chi connectivity index (χ0n) is 21.4. The molecular weight excluding hydrogens is 388 g/mol. The number of rotatable bonds is 17. The van der Waals surface area contributed by atoms with Gasteiger partial charge in [0.2, 0.25) is 0 Å². The molecule has 4 nitrogen and oxygen atoms in total. The molecule has 0 aromatic carbocycles. The zero-order chi connectivity index (χ0) is 24.1. The molecule has 0 amide bonds. The average molecular weight is 439 g/mol. The number of unbranched alkanes of at least 4 members (excludes halogenated alkanes) is 8. The maximum Gasteiger partial charge on any atom is 0.333 e. The molecule has 0 radical (unpaired) electrons. The second-order valence-corrected chi connectivity index (χ2v) is 8.97. The number of hydrogen-bond donors (Lipinski definition) is 0. The molecule has 4 heteroatoms. The highest BCUT2D eigenvalue weighted by Gasteiger charge is 2.20. The third-order valence-corrected chi connectivity index (χ3v) is 5.13. The van der Waals surface area contributed by atoms with E-state index in [0.29, 0.717) is 5.57 Å². The molecule has 31 heavy (non-hydrogen) atoms.